The number of rotatable bonds is 11. The van der Waals surface area contributed by atoms with Gasteiger partial charge < -0.3 is 20.3 Å². The summed E-state index contributed by atoms with van der Waals surface area (Å²) in [5, 5.41) is 2.21. The quantitative estimate of drug-likeness (QED) is 0.226. The van der Waals surface area contributed by atoms with E-state index in [0.29, 0.717) is 51.8 Å². The predicted octanol–water partition coefficient (Wildman–Crippen LogP) is 5.70. The van der Waals surface area contributed by atoms with Gasteiger partial charge in [0.15, 0.2) is 0 Å². The zero-order valence-corrected chi connectivity index (χ0v) is 26.8. The highest BCUT2D eigenvalue weighted by Crippen LogP contribution is 2.37. The van der Waals surface area contributed by atoms with Gasteiger partial charge in [-0.15, -0.1) is 0 Å². The Labute approximate surface area is 262 Å². The Balaban J connectivity index is 1.58. The highest BCUT2D eigenvalue weighted by Gasteiger charge is 2.44. The van der Waals surface area contributed by atoms with E-state index in [1.165, 1.54) is 0 Å². The van der Waals surface area contributed by atoms with Gasteiger partial charge in [-0.05, 0) is 75.3 Å². The van der Waals surface area contributed by atoms with Gasteiger partial charge in [0.2, 0.25) is 11.8 Å². The van der Waals surface area contributed by atoms with Crippen molar-refractivity contribution in [2.75, 3.05) is 26.7 Å². The van der Waals surface area contributed by atoms with E-state index in [2.05, 4.69) is 24.3 Å². The highest BCUT2D eigenvalue weighted by molar-refractivity contribution is 5.93. The first-order chi connectivity index (χ1) is 20.9. The molecule has 1 atom stereocenters. The van der Waals surface area contributed by atoms with Crippen LogP contribution >= 0.6 is 0 Å². The van der Waals surface area contributed by atoms with Crippen LogP contribution in [0.1, 0.15) is 58.1 Å². The first kappa shape index (κ1) is 32.9. The van der Waals surface area contributed by atoms with Crippen LogP contribution in [0.25, 0.3) is 10.8 Å². The van der Waals surface area contributed by atoms with E-state index in [9.17, 15) is 14.4 Å². The number of likely N-dealkylation sites (N-methyl/N-ethyl adjacent to an activating group) is 1. The molecule has 0 aliphatic carbocycles. The first-order valence-corrected chi connectivity index (χ1v) is 15.6. The molecule has 1 aliphatic rings. The zero-order chi connectivity index (χ0) is 31.9. The van der Waals surface area contributed by atoms with Gasteiger partial charge >= 0.3 is 5.97 Å². The summed E-state index contributed by atoms with van der Waals surface area (Å²) in [4.78, 5) is 44.4. The number of fused-ring (bicyclic) bond motifs is 1. The standard InChI is InChI=1S/C37H47N3O4/c1-6-44-35(43)37(26-28-12-8-7-9-13-28)18-20-40(21-19-37)34(42)32(39(5)33(41)22-27(2)25-36(3,4)38)24-29-16-17-30-14-10-11-15-31(30)23-29/h7-17,22-23,32H,6,18-21,24-26,38H2,1-5H3/t32-/m1/s1. The van der Waals surface area contributed by atoms with E-state index in [1.54, 1.807) is 18.0 Å². The van der Waals surface area contributed by atoms with Gasteiger partial charge in [0, 0.05) is 38.2 Å². The molecular weight excluding hydrogens is 550 g/mol. The number of likely N-dealkylation sites (tertiary alicyclic amines) is 1. The van der Waals surface area contributed by atoms with Gasteiger partial charge in [0.25, 0.3) is 0 Å². The number of nitrogens with two attached hydrogens (primary N) is 1. The van der Waals surface area contributed by atoms with Crippen LogP contribution in [0.4, 0.5) is 0 Å². The van der Waals surface area contributed by atoms with E-state index in [4.69, 9.17) is 10.5 Å². The summed E-state index contributed by atoms with van der Waals surface area (Å²) in [7, 11) is 1.70. The summed E-state index contributed by atoms with van der Waals surface area (Å²) >= 11 is 0. The van der Waals surface area contributed by atoms with Crippen molar-refractivity contribution in [3.8, 4) is 0 Å². The summed E-state index contributed by atoms with van der Waals surface area (Å²) in [6.07, 6.45) is 4.10. The fourth-order valence-corrected chi connectivity index (χ4v) is 6.30. The average molecular weight is 598 g/mol. The summed E-state index contributed by atoms with van der Waals surface area (Å²) in [6, 6.07) is 23.5. The lowest BCUT2D eigenvalue weighted by molar-refractivity contribution is -0.161. The molecule has 44 heavy (non-hydrogen) atoms. The minimum Gasteiger partial charge on any atom is -0.466 e. The van der Waals surface area contributed by atoms with Gasteiger partial charge in [-0.2, -0.15) is 0 Å². The van der Waals surface area contributed by atoms with Crippen LogP contribution in [0.15, 0.2) is 84.4 Å². The molecule has 1 aliphatic heterocycles. The molecule has 7 heteroatoms. The maximum absolute atomic E-state index is 14.3. The normalized spacial score (nSPS) is 16.0. The Morgan fingerprint density at radius 1 is 0.977 bits per heavy atom. The van der Waals surface area contributed by atoms with E-state index < -0.39 is 17.0 Å². The molecule has 0 aromatic heterocycles. The Kier molecular flexibility index (Phi) is 10.6. The van der Waals surface area contributed by atoms with Crippen molar-refractivity contribution in [1.82, 2.24) is 9.80 Å². The Hall–Kier alpha value is -3.97. The second-order valence-electron chi connectivity index (χ2n) is 13.0. The van der Waals surface area contributed by atoms with Crippen molar-refractivity contribution >= 4 is 28.6 Å². The third-order valence-electron chi connectivity index (χ3n) is 8.57. The van der Waals surface area contributed by atoms with Gasteiger partial charge in [-0.3, -0.25) is 14.4 Å². The molecule has 0 bridgehead atoms. The molecule has 2 N–H and O–H groups in total. The van der Waals surface area contributed by atoms with Crippen LogP contribution in [-0.2, 0) is 32.0 Å². The molecule has 234 valence electrons. The van der Waals surface area contributed by atoms with Crippen LogP contribution in [-0.4, -0.2) is 65.9 Å². The Morgan fingerprint density at radius 2 is 1.61 bits per heavy atom. The van der Waals surface area contributed by atoms with Gasteiger partial charge in [0.1, 0.15) is 6.04 Å². The average Bonchev–Trinajstić information content (AvgIpc) is 2.99. The molecule has 7 nitrogen and oxygen atoms in total. The van der Waals surface area contributed by atoms with Crippen LogP contribution in [0.5, 0.6) is 0 Å². The van der Waals surface area contributed by atoms with Crippen LogP contribution in [0, 0.1) is 5.41 Å². The van der Waals surface area contributed by atoms with Crippen LogP contribution in [0.2, 0.25) is 0 Å². The van der Waals surface area contributed by atoms with Crippen molar-refractivity contribution in [2.45, 2.75) is 71.4 Å². The molecule has 0 unspecified atom stereocenters. The second-order valence-corrected chi connectivity index (χ2v) is 13.0. The lowest BCUT2D eigenvalue weighted by Crippen LogP contribution is -2.54. The van der Waals surface area contributed by atoms with Crippen LogP contribution in [0.3, 0.4) is 0 Å². The predicted molar refractivity (Wildman–Crippen MR) is 176 cm³/mol. The molecular formula is C37H47N3O4. The summed E-state index contributed by atoms with van der Waals surface area (Å²) in [5.41, 5.74) is 7.97. The van der Waals surface area contributed by atoms with Crippen molar-refractivity contribution in [3.63, 3.8) is 0 Å². The van der Waals surface area contributed by atoms with Crippen molar-refractivity contribution in [2.24, 2.45) is 11.1 Å². The third kappa shape index (κ3) is 8.35. The van der Waals surface area contributed by atoms with Gasteiger partial charge in [0.05, 0.1) is 12.0 Å². The lowest BCUT2D eigenvalue weighted by Gasteiger charge is -2.42. The number of piperidine rings is 1. The molecule has 1 heterocycles. The molecule has 4 rings (SSSR count). The zero-order valence-electron chi connectivity index (χ0n) is 26.8. The van der Waals surface area contributed by atoms with Crippen molar-refractivity contribution in [3.05, 3.63) is 95.6 Å². The number of hydrogen-bond acceptors (Lipinski definition) is 5. The fraction of sp³-hybridized carbons (Fsp3) is 0.432. The minimum atomic E-state index is -0.706. The number of esters is 1. The maximum atomic E-state index is 14.3. The molecule has 0 spiro atoms. The van der Waals surface area contributed by atoms with E-state index >= 15 is 0 Å². The number of amides is 2. The largest absolute Gasteiger partial charge is 0.466 e. The molecule has 3 aromatic carbocycles. The SMILES string of the molecule is CCOC(=O)C1(Cc2ccccc2)CCN(C(=O)[C@@H](Cc2ccc3ccccc3c2)N(C)C(=O)C=C(C)CC(C)(C)N)CC1. The van der Waals surface area contributed by atoms with Crippen LogP contribution < -0.4 is 5.73 Å². The fourth-order valence-electron chi connectivity index (χ4n) is 6.30. The highest BCUT2D eigenvalue weighted by atomic mass is 16.5. The molecule has 0 radical (unpaired) electrons. The summed E-state index contributed by atoms with van der Waals surface area (Å²) in [5.74, 6) is -0.552. The Morgan fingerprint density at radius 3 is 2.25 bits per heavy atom. The first-order valence-electron chi connectivity index (χ1n) is 15.6. The Bertz CT molecular complexity index is 1480. The minimum absolute atomic E-state index is 0.114. The lowest BCUT2D eigenvalue weighted by atomic mass is 9.73. The van der Waals surface area contributed by atoms with Gasteiger partial charge in [-0.25, -0.2) is 0 Å². The molecule has 1 saturated heterocycles. The van der Waals surface area contributed by atoms with Gasteiger partial charge in [-0.1, -0.05) is 78.4 Å². The topological polar surface area (TPSA) is 92.9 Å². The van der Waals surface area contributed by atoms with Crippen molar-refractivity contribution < 1.29 is 19.1 Å². The smallest absolute Gasteiger partial charge is 0.312 e. The summed E-state index contributed by atoms with van der Waals surface area (Å²) in [6.45, 7) is 8.71. The number of nitrogens with zero attached hydrogens (tertiary/aromatic N) is 2. The maximum Gasteiger partial charge on any atom is 0.312 e. The molecule has 2 amide bonds. The second kappa shape index (κ2) is 14.2. The number of benzene rings is 3. The van der Waals surface area contributed by atoms with E-state index in [-0.39, 0.29) is 17.8 Å². The molecule has 0 saturated carbocycles. The van der Waals surface area contributed by atoms with Crippen molar-refractivity contribution in [1.29, 1.82) is 0 Å². The van der Waals surface area contributed by atoms with E-state index in [1.807, 2.05) is 81.1 Å². The molecule has 1 fully saturated rings. The number of carbonyl (C=O) groups excluding carboxylic acids is 3. The number of carbonyl (C=O) groups is 3. The monoisotopic (exact) mass is 597 g/mol. The summed E-state index contributed by atoms with van der Waals surface area (Å²) < 4.78 is 5.54. The number of ether oxygens (including phenoxy) is 1. The molecule has 3 aromatic rings. The number of hydrogen-bond donors (Lipinski definition) is 1. The third-order valence-corrected chi connectivity index (χ3v) is 8.57. The van der Waals surface area contributed by atoms with E-state index in [0.717, 1.165) is 27.5 Å².